The van der Waals surface area contributed by atoms with E-state index < -0.39 is 11.8 Å². The van der Waals surface area contributed by atoms with Crippen molar-refractivity contribution in [3.8, 4) is 0 Å². The van der Waals surface area contributed by atoms with Gasteiger partial charge >= 0.3 is 6.16 Å². The van der Waals surface area contributed by atoms with Crippen LogP contribution in [0, 0.1) is 16.7 Å². The van der Waals surface area contributed by atoms with Crippen LogP contribution in [-0.4, -0.2) is 23.9 Å². The molecule has 0 aliphatic carbocycles. The van der Waals surface area contributed by atoms with Gasteiger partial charge in [0, 0.05) is 17.4 Å². The predicted octanol–water partition coefficient (Wildman–Crippen LogP) is 3.34. The van der Waals surface area contributed by atoms with Crippen LogP contribution in [0.5, 0.6) is 0 Å². The summed E-state index contributed by atoms with van der Waals surface area (Å²) in [6.07, 6.45) is -0.912. The maximum absolute atomic E-state index is 11.6. The molecule has 0 amide bonds. The molecule has 1 saturated heterocycles. The lowest BCUT2D eigenvalue weighted by Crippen LogP contribution is -2.56. The topological polar surface area (TPSA) is 61.5 Å². The van der Waals surface area contributed by atoms with Crippen molar-refractivity contribution in [3.05, 3.63) is 0 Å². The van der Waals surface area contributed by atoms with E-state index in [2.05, 4.69) is 41.5 Å². The molecular weight excluding hydrogens is 242 g/mol. The number of nitrogens with two attached hydrogens (primary N) is 1. The third-order valence-electron chi connectivity index (χ3n) is 4.59. The van der Waals surface area contributed by atoms with Crippen molar-refractivity contribution in [1.29, 1.82) is 0 Å². The second-order valence-corrected chi connectivity index (χ2v) is 8.00. The quantitative estimate of drug-likeness (QED) is 0.782. The zero-order valence-electron chi connectivity index (χ0n) is 13.5. The van der Waals surface area contributed by atoms with E-state index >= 15 is 0 Å². The molecule has 112 valence electrons. The average Bonchev–Trinajstić information content (AvgIpc) is 2.51. The first kappa shape index (κ1) is 16.3. The number of hydrogen-bond donors (Lipinski definition) is 1. The van der Waals surface area contributed by atoms with E-state index in [9.17, 15) is 4.79 Å². The summed E-state index contributed by atoms with van der Waals surface area (Å²) < 4.78 is 10.9. The Bertz CT molecular complexity index is 353. The Morgan fingerprint density at radius 1 is 1.21 bits per heavy atom. The van der Waals surface area contributed by atoms with Crippen LogP contribution in [0.1, 0.15) is 55.4 Å². The number of ether oxygens (including phenoxy) is 2. The zero-order valence-corrected chi connectivity index (χ0v) is 13.5. The maximum atomic E-state index is 11.6. The molecule has 0 saturated carbocycles. The number of hydrogen-bond acceptors (Lipinski definition) is 4. The van der Waals surface area contributed by atoms with Crippen molar-refractivity contribution in [2.45, 2.75) is 73.1 Å². The second kappa shape index (κ2) is 4.65. The molecular formula is C15H29NO3. The van der Waals surface area contributed by atoms with Gasteiger partial charge in [0.1, 0.15) is 6.10 Å². The molecule has 0 spiro atoms. The first-order valence-electron chi connectivity index (χ1n) is 6.96. The Kier molecular flexibility index (Phi) is 3.99. The third kappa shape index (κ3) is 2.88. The van der Waals surface area contributed by atoms with Crippen molar-refractivity contribution >= 4 is 6.16 Å². The molecule has 4 nitrogen and oxygen atoms in total. The summed E-state index contributed by atoms with van der Waals surface area (Å²) in [5.74, 6) is 0.0238. The molecule has 0 aromatic rings. The van der Waals surface area contributed by atoms with Gasteiger partial charge in [0.15, 0.2) is 5.60 Å². The highest BCUT2D eigenvalue weighted by atomic mass is 16.8. The van der Waals surface area contributed by atoms with Crippen LogP contribution < -0.4 is 5.73 Å². The third-order valence-corrected chi connectivity index (χ3v) is 4.59. The SMILES string of the molecule is C[C@@H]([C@@H](N)C(C)(C)C)[C@H]1OC(=O)O[C@]1(C)C(C)(C)C. The fraction of sp³-hybridized carbons (Fsp3) is 0.933. The first-order valence-corrected chi connectivity index (χ1v) is 6.96. The second-order valence-electron chi connectivity index (χ2n) is 8.00. The number of carbonyl (C=O) groups excluding carboxylic acids is 1. The Morgan fingerprint density at radius 2 is 1.68 bits per heavy atom. The van der Waals surface area contributed by atoms with E-state index in [0.29, 0.717) is 0 Å². The largest absolute Gasteiger partial charge is 0.509 e. The Hall–Kier alpha value is -0.770. The van der Waals surface area contributed by atoms with E-state index in [1.54, 1.807) is 0 Å². The molecule has 0 radical (unpaired) electrons. The summed E-state index contributed by atoms with van der Waals surface area (Å²) in [7, 11) is 0. The predicted molar refractivity (Wildman–Crippen MR) is 75.8 cm³/mol. The summed E-state index contributed by atoms with van der Waals surface area (Å²) in [5, 5.41) is 0. The minimum absolute atomic E-state index is 0.0238. The van der Waals surface area contributed by atoms with E-state index in [4.69, 9.17) is 15.2 Å². The Morgan fingerprint density at radius 3 is 2.05 bits per heavy atom. The van der Waals surface area contributed by atoms with Crippen LogP contribution in [0.25, 0.3) is 0 Å². The minimum atomic E-state index is -0.660. The molecule has 1 aliphatic rings. The van der Waals surface area contributed by atoms with E-state index in [0.717, 1.165) is 0 Å². The van der Waals surface area contributed by atoms with Gasteiger partial charge in [-0.05, 0) is 12.3 Å². The zero-order chi connectivity index (χ0) is 15.2. The minimum Gasteiger partial charge on any atom is -0.426 e. The Labute approximate surface area is 117 Å². The molecule has 0 unspecified atom stereocenters. The maximum Gasteiger partial charge on any atom is 0.509 e. The van der Waals surface area contributed by atoms with Crippen molar-refractivity contribution in [1.82, 2.24) is 0 Å². The van der Waals surface area contributed by atoms with Gasteiger partial charge in [0.25, 0.3) is 0 Å². The van der Waals surface area contributed by atoms with Crippen molar-refractivity contribution in [2.24, 2.45) is 22.5 Å². The van der Waals surface area contributed by atoms with Gasteiger partial charge in [-0.3, -0.25) is 0 Å². The average molecular weight is 271 g/mol. The van der Waals surface area contributed by atoms with Crippen LogP contribution in [0.3, 0.4) is 0 Å². The van der Waals surface area contributed by atoms with Gasteiger partial charge in [-0.1, -0.05) is 48.5 Å². The van der Waals surface area contributed by atoms with Gasteiger partial charge < -0.3 is 15.2 Å². The smallest absolute Gasteiger partial charge is 0.426 e. The van der Waals surface area contributed by atoms with E-state index in [1.165, 1.54) is 0 Å². The number of rotatable bonds is 2. The van der Waals surface area contributed by atoms with Crippen LogP contribution in [0.15, 0.2) is 0 Å². The van der Waals surface area contributed by atoms with Gasteiger partial charge in [0.2, 0.25) is 0 Å². The molecule has 1 rings (SSSR count). The molecule has 0 aromatic heterocycles. The summed E-state index contributed by atoms with van der Waals surface area (Å²) in [6, 6.07) is -0.0753. The molecule has 19 heavy (non-hydrogen) atoms. The van der Waals surface area contributed by atoms with Crippen molar-refractivity contribution in [2.75, 3.05) is 0 Å². The molecule has 2 N–H and O–H groups in total. The highest BCUT2D eigenvalue weighted by Crippen LogP contribution is 2.46. The van der Waals surface area contributed by atoms with Crippen molar-refractivity contribution < 1.29 is 14.3 Å². The summed E-state index contributed by atoms with van der Waals surface area (Å²) in [5.41, 5.74) is 5.42. The number of cyclic esters (lactones) is 2. The van der Waals surface area contributed by atoms with Crippen LogP contribution in [0.4, 0.5) is 4.79 Å². The molecule has 0 bridgehead atoms. The van der Waals surface area contributed by atoms with Crippen LogP contribution >= 0.6 is 0 Å². The van der Waals surface area contributed by atoms with Crippen molar-refractivity contribution in [3.63, 3.8) is 0 Å². The summed E-state index contributed by atoms with van der Waals surface area (Å²) in [6.45, 7) is 16.4. The molecule has 4 heteroatoms. The van der Waals surface area contributed by atoms with Gasteiger partial charge in [-0.15, -0.1) is 0 Å². The highest BCUT2D eigenvalue weighted by molar-refractivity contribution is 5.63. The van der Waals surface area contributed by atoms with Crippen LogP contribution in [0.2, 0.25) is 0 Å². The highest BCUT2D eigenvalue weighted by Gasteiger charge is 2.58. The number of carbonyl (C=O) groups is 1. The normalized spacial score (nSPS) is 31.6. The molecule has 0 aromatic carbocycles. The fourth-order valence-electron chi connectivity index (χ4n) is 2.64. The lowest BCUT2D eigenvalue weighted by atomic mass is 9.67. The molecule has 4 atom stereocenters. The molecule has 1 heterocycles. The monoisotopic (exact) mass is 271 g/mol. The van der Waals surface area contributed by atoms with E-state index in [-0.39, 0.29) is 28.9 Å². The molecule has 1 fully saturated rings. The summed E-state index contributed by atoms with van der Waals surface area (Å²) >= 11 is 0. The standard InChI is InChI=1S/C15H29NO3/c1-9(10(16)13(2,3)4)11-15(8,14(5,6)7)19-12(17)18-11/h9-11H,16H2,1-8H3/t9-,10+,11+,15-/m0/s1. The summed E-state index contributed by atoms with van der Waals surface area (Å²) in [4.78, 5) is 11.6. The Balaban J connectivity index is 3.07. The lowest BCUT2D eigenvalue weighted by molar-refractivity contribution is -0.0712. The van der Waals surface area contributed by atoms with Crippen LogP contribution in [-0.2, 0) is 9.47 Å². The van der Waals surface area contributed by atoms with Gasteiger partial charge in [0.05, 0.1) is 0 Å². The fourth-order valence-corrected chi connectivity index (χ4v) is 2.64. The molecule has 1 aliphatic heterocycles. The lowest BCUT2D eigenvalue weighted by Gasteiger charge is -2.44. The van der Waals surface area contributed by atoms with Gasteiger partial charge in [-0.25, -0.2) is 4.79 Å². The first-order chi connectivity index (χ1) is 8.30. The van der Waals surface area contributed by atoms with E-state index in [1.807, 2.05) is 13.8 Å². The van der Waals surface area contributed by atoms with Gasteiger partial charge in [-0.2, -0.15) is 0 Å².